The van der Waals surface area contributed by atoms with Gasteiger partial charge in [0.15, 0.2) is 0 Å². The topological polar surface area (TPSA) is 49.3 Å². The molecule has 2 aliphatic rings. The van der Waals surface area contributed by atoms with Gasteiger partial charge in [-0.1, -0.05) is 30.1 Å². The van der Waals surface area contributed by atoms with E-state index in [4.69, 9.17) is 23.2 Å². The minimum Gasteiger partial charge on any atom is -0.509 e. The zero-order valence-corrected chi connectivity index (χ0v) is 14.2. The van der Waals surface area contributed by atoms with Gasteiger partial charge in [0.1, 0.15) is 5.76 Å². The van der Waals surface area contributed by atoms with Crippen molar-refractivity contribution in [2.75, 3.05) is 0 Å². The number of carbonyl (C=O) groups excluding carboxylic acids is 1. The van der Waals surface area contributed by atoms with E-state index < -0.39 is 5.54 Å². The molecule has 1 amide bonds. The SMILES string of the molecule is Cc1cc(Cl)cc(Cl)c1C1=C(O)C2(CCC(C)CC2)NC1=O. The first-order valence-electron chi connectivity index (χ1n) is 7.56. The zero-order chi connectivity index (χ0) is 16.1. The third-order valence-electron chi connectivity index (χ3n) is 4.90. The Morgan fingerprint density at radius 3 is 2.50 bits per heavy atom. The van der Waals surface area contributed by atoms with Crippen LogP contribution in [0.1, 0.15) is 43.7 Å². The third kappa shape index (κ3) is 2.40. The molecule has 0 radical (unpaired) electrons. The second-order valence-corrected chi connectivity index (χ2v) is 7.37. The summed E-state index contributed by atoms with van der Waals surface area (Å²) in [5.41, 5.74) is 1.05. The molecule has 0 bridgehead atoms. The van der Waals surface area contributed by atoms with Crippen LogP contribution in [0.25, 0.3) is 5.57 Å². The number of aryl methyl sites for hydroxylation is 1. The highest BCUT2D eigenvalue weighted by atomic mass is 35.5. The average molecular weight is 340 g/mol. The Morgan fingerprint density at radius 1 is 1.27 bits per heavy atom. The maximum absolute atomic E-state index is 12.5. The minimum atomic E-state index is -0.617. The normalized spacial score (nSPS) is 28.4. The Kier molecular flexibility index (Phi) is 3.90. The van der Waals surface area contributed by atoms with Crippen molar-refractivity contribution >= 4 is 34.7 Å². The van der Waals surface area contributed by atoms with E-state index in [1.54, 1.807) is 12.1 Å². The van der Waals surface area contributed by atoms with Crippen molar-refractivity contribution in [2.24, 2.45) is 5.92 Å². The lowest BCUT2D eigenvalue weighted by Gasteiger charge is -2.36. The number of carbonyl (C=O) groups is 1. The van der Waals surface area contributed by atoms with E-state index in [1.165, 1.54) is 0 Å². The van der Waals surface area contributed by atoms with E-state index in [1.807, 2.05) is 6.92 Å². The van der Waals surface area contributed by atoms with E-state index in [0.29, 0.717) is 27.1 Å². The maximum Gasteiger partial charge on any atom is 0.256 e. The van der Waals surface area contributed by atoms with Crippen molar-refractivity contribution in [1.29, 1.82) is 0 Å². The molecule has 0 atom stereocenters. The van der Waals surface area contributed by atoms with Gasteiger partial charge in [-0.25, -0.2) is 0 Å². The first-order valence-corrected chi connectivity index (χ1v) is 8.32. The summed E-state index contributed by atoms with van der Waals surface area (Å²) in [6, 6.07) is 3.36. The lowest BCUT2D eigenvalue weighted by atomic mass is 9.76. The minimum absolute atomic E-state index is 0.136. The van der Waals surface area contributed by atoms with E-state index in [-0.39, 0.29) is 11.7 Å². The Morgan fingerprint density at radius 2 is 1.91 bits per heavy atom. The van der Waals surface area contributed by atoms with Gasteiger partial charge in [0, 0.05) is 10.6 Å². The zero-order valence-electron chi connectivity index (χ0n) is 12.7. The monoisotopic (exact) mass is 339 g/mol. The van der Waals surface area contributed by atoms with Gasteiger partial charge in [-0.15, -0.1) is 0 Å². The number of benzene rings is 1. The number of nitrogens with one attached hydrogen (secondary N) is 1. The number of hydrogen-bond donors (Lipinski definition) is 2. The van der Waals surface area contributed by atoms with Crippen LogP contribution in [-0.4, -0.2) is 16.6 Å². The molecule has 0 aromatic heterocycles. The predicted molar refractivity (Wildman–Crippen MR) is 89.3 cm³/mol. The Balaban J connectivity index is 2.10. The molecule has 0 saturated heterocycles. The standard InChI is InChI=1S/C17H19Cl2NO2/c1-9-3-5-17(6-4-9)15(21)14(16(22)20-17)13-10(2)7-11(18)8-12(13)19/h7-9,21H,3-6H2,1-2H3,(H,20,22). The highest BCUT2D eigenvalue weighted by Gasteiger charge is 2.47. The fourth-order valence-corrected chi connectivity index (χ4v) is 4.24. The van der Waals surface area contributed by atoms with Gasteiger partial charge in [-0.3, -0.25) is 4.79 Å². The largest absolute Gasteiger partial charge is 0.509 e. The van der Waals surface area contributed by atoms with Gasteiger partial charge in [0.05, 0.1) is 16.1 Å². The predicted octanol–water partition coefficient (Wildman–Crippen LogP) is 4.65. The molecule has 1 heterocycles. The van der Waals surface area contributed by atoms with Gasteiger partial charge in [-0.05, 0) is 56.2 Å². The first kappa shape index (κ1) is 15.7. The van der Waals surface area contributed by atoms with Gasteiger partial charge in [0.25, 0.3) is 5.91 Å². The van der Waals surface area contributed by atoms with Crippen molar-refractivity contribution < 1.29 is 9.90 Å². The Labute approximate surface area is 140 Å². The smallest absolute Gasteiger partial charge is 0.256 e. The highest BCUT2D eigenvalue weighted by molar-refractivity contribution is 6.38. The maximum atomic E-state index is 12.5. The van der Waals surface area contributed by atoms with Crippen molar-refractivity contribution in [3.8, 4) is 0 Å². The first-order chi connectivity index (χ1) is 10.3. The average Bonchev–Trinajstić information content (AvgIpc) is 2.66. The molecule has 5 heteroatoms. The Bertz CT molecular complexity index is 650. The van der Waals surface area contributed by atoms with Crippen LogP contribution in [0.5, 0.6) is 0 Å². The molecule has 22 heavy (non-hydrogen) atoms. The molecule has 3 nitrogen and oxygen atoms in total. The van der Waals surface area contributed by atoms with Crippen LogP contribution in [0.4, 0.5) is 0 Å². The quantitative estimate of drug-likeness (QED) is 0.782. The summed E-state index contributed by atoms with van der Waals surface area (Å²) in [4.78, 5) is 12.5. The van der Waals surface area contributed by atoms with Crippen LogP contribution >= 0.6 is 23.2 Å². The van der Waals surface area contributed by atoms with Crippen molar-refractivity contribution in [2.45, 2.75) is 45.1 Å². The number of amides is 1. The molecule has 1 fully saturated rings. The summed E-state index contributed by atoms with van der Waals surface area (Å²) in [5.74, 6) is 0.510. The highest BCUT2D eigenvalue weighted by Crippen LogP contribution is 2.44. The lowest BCUT2D eigenvalue weighted by Crippen LogP contribution is -2.47. The van der Waals surface area contributed by atoms with Crippen LogP contribution < -0.4 is 5.32 Å². The van der Waals surface area contributed by atoms with Crippen molar-refractivity contribution in [1.82, 2.24) is 5.32 Å². The summed E-state index contributed by atoms with van der Waals surface area (Å²) in [5, 5.41) is 14.7. The molecule has 3 rings (SSSR count). The summed E-state index contributed by atoms with van der Waals surface area (Å²) < 4.78 is 0. The summed E-state index contributed by atoms with van der Waals surface area (Å²) in [6.07, 6.45) is 3.51. The second kappa shape index (κ2) is 5.47. The lowest BCUT2D eigenvalue weighted by molar-refractivity contribution is -0.116. The molecule has 1 aromatic rings. The molecule has 1 saturated carbocycles. The number of halogens is 2. The van der Waals surface area contributed by atoms with Crippen LogP contribution in [0, 0.1) is 12.8 Å². The number of aliphatic hydroxyl groups is 1. The van der Waals surface area contributed by atoms with Crippen molar-refractivity contribution in [3.05, 3.63) is 39.1 Å². The molecular weight excluding hydrogens is 321 g/mol. The van der Waals surface area contributed by atoms with E-state index in [0.717, 1.165) is 31.2 Å². The summed E-state index contributed by atoms with van der Waals surface area (Å²) in [7, 11) is 0. The number of hydrogen-bond acceptors (Lipinski definition) is 2. The molecule has 0 unspecified atom stereocenters. The number of aliphatic hydroxyl groups excluding tert-OH is 1. The van der Waals surface area contributed by atoms with Gasteiger partial charge < -0.3 is 10.4 Å². The molecule has 1 aliphatic carbocycles. The van der Waals surface area contributed by atoms with E-state index in [2.05, 4.69) is 12.2 Å². The van der Waals surface area contributed by atoms with Crippen LogP contribution in [0.15, 0.2) is 17.9 Å². The van der Waals surface area contributed by atoms with E-state index in [9.17, 15) is 9.90 Å². The molecular formula is C17H19Cl2NO2. The molecule has 1 aliphatic heterocycles. The van der Waals surface area contributed by atoms with Gasteiger partial charge >= 0.3 is 0 Å². The third-order valence-corrected chi connectivity index (χ3v) is 5.42. The Hall–Kier alpha value is -1.19. The fraction of sp³-hybridized carbons (Fsp3) is 0.471. The van der Waals surface area contributed by atoms with Crippen LogP contribution in [0.3, 0.4) is 0 Å². The van der Waals surface area contributed by atoms with Crippen molar-refractivity contribution in [3.63, 3.8) is 0 Å². The van der Waals surface area contributed by atoms with E-state index >= 15 is 0 Å². The summed E-state index contributed by atoms with van der Waals surface area (Å²) in [6.45, 7) is 4.04. The molecule has 2 N–H and O–H groups in total. The van der Waals surface area contributed by atoms with Crippen LogP contribution in [0.2, 0.25) is 10.0 Å². The molecule has 1 spiro atoms. The fourth-order valence-electron chi connectivity index (χ4n) is 3.55. The molecule has 1 aromatic carbocycles. The second-order valence-electron chi connectivity index (χ2n) is 6.52. The summed E-state index contributed by atoms with van der Waals surface area (Å²) >= 11 is 12.3. The molecule has 118 valence electrons. The number of rotatable bonds is 1. The van der Waals surface area contributed by atoms with Gasteiger partial charge in [-0.2, -0.15) is 0 Å². The van der Waals surface area contributed by atoms with Crippen LogP contribution in [-0.2, 0) is 4.79 Å². The van der Waals surface area contributed by atoms with Gasteiger partial charge in [0.2, 0.25) is 0 Å².